The first-order chi connectivity index (χ1) is 14.5. The van der Waals surface area contributed by atoms with Gasteiger partial charge in [0.25, 0.3) is 0 Å². The Bertz CT molecular complexity index is 939. The number of para-hydroxylation sites is 1. The molecule has 0 radical (unpaired) electrons. The molecule has 6 heteroatoms. The third kappa shape index (κ3) is 5.04. The molecule has 1 aliphatic rings. The van der Waals surface area contributed by atoms with E-state index in [0.29, 0.717) is 19.8 Å². The summed E-state index contributed by atoms with van der Waals surface area (Å²) in [4.78, 5) is 4.15. The van der Waals surface area contributed by atoms with Gasteiger partial charge in [-0.25, -0.2) is 4.98 Å². The van der Waals surface area contributed by atoms with Crippen LogP contribution in [-0.2, 0) is 22.4 Å². The molecule has 3 aromatic rings. The fourth-order valence-electron chi connectivity index (χ4n) is 3.84. The summed E-state index contributed by atoms with van der Waals surface area (Å²) in [6, 6.07) is 14.1. The van der Waals surface area contributed by atoms with E-state index in [1.54, 1.807) is 12.5 Å². The van der Waals surface area contributed by atoms with Gasteiger partial charge in [0.2, 0.25) is 0 Å². The standard InChI is InChI=1S/C24H27ClN2O3/c1-18-4-3-5-19(2)23(18)28-14-22-15-29-24(30-22,16-27-13-12-26-17-27)11-10-20-6-8-21(25)9-7-20/h3-9,12-13,17,22H,10-11,14-16H2,1-2H3. The van der Waals surface area contributed by atoms with Crippen LogP contribution in [0.4, 0.5) is 0 Å². The molecule has 1 aliphatic heterocycles. The van der Waals surface area contributed by atoms with Gasteiger partial charge in [-0.3, -0.25) is 0 Å². The first kappa shape index (κ1) is 20.9. The molecule has 4 rings (SSSR count). The number of nitrogens with zero attached hydrogens (tertiary/aromatic N) is 2. The van der Waals surface area contributed by atoms with Crippen LogP contribution in [0.1, 0.15) is 23.1 Å². The fourth-order valence-corrected chi connectivity index (χ4v) is 3.97. The van der Waals surface area contributed by atoms with E-state index in [0.717, 1.165) is 34.7 Å². The van der Waals surface area contributed by atoms with Crippen molar-refractivity contribution >= 4 is 11.6 Å². The van der Waals surface area contributed by atoms with E-state index in [1.165, 1.54) is 5.56 Å². The Kier molecular flexibility index (Phi) is 6.42. The Hall–Kier alpha value is -2.34. The van der Waals surface area contributed by atoms with E-state index >= 15 is 0 Å². The Morgan fingerprint density at radius 2 is 1.93 bits per heavy atom. The zero-order valence-electron chi connectivity index (χ0n) is 17.4. The second-order valence-electron chi connectivity index (χ2n) is 7.85. The molecular formula is C24H27ClN2O3. The van der Waals surface area contributed by atoms with Crippen molar-refractivity contribution in [2.24, 2.45) is 0 Å². The second-order valence-corrected chi connectivity index (χ2v) is 8.29. The van der Waals surface area contributed by atoms with Gasteiger partial charge in [-0.15, -0.1) is 0 Å². The molecular weight excluding hydrogens is 400 g/mol. The predicted molar refractivity (Wildman–Crippen MR) is 117 cm³/mol. The van der Waals surface area contributed by atoms with Gasteiger partial charge in [-0.1, -0.05) is 41.9 Å². The minimum atomic E-state index is -0.713. The first-order valence-electron chi connectivity index (χ1n) is 10.2. The predicted octanol–water partition coefficient (Wildman–Crippen LogP) is 4.98. The van der Waals surface area contributed by atoms with Crippen molar-refractivity contribution in [3.63, 3.8) is 0 Å². The van der Waals surface area contributed by atoms with Crippen LogP contribution in [0.5, 0.6) is 5.75 Å². The van der Waals surface area contributed by atoms with Crippen LogP contribution < -0.4 is 4.74 Å². The summed E-state index contributed by atoms with van der Waals surface area (Å²) in [6.07, 6.45) is 6.92. The van der Waals surface area contributed by atoms with Crippen LogP contribution in [0, 0.1) is 13.8 Å². The average Bonchev–Trinajstić information content (AvgIpc) is 3.38. The molecule has 0 saturated carbocycles. The Morgan fingerprint density at radius 3 is 2.63 bits per heavy atom. The van der Waals surface area contributed by atoms with Crippen LogP contribution in [0.25, 0.3) is 0 Å². The van der Waals surface area contributed by atoms with E-state index in [1.807, 2.05) is 41.1 Å². The Morgan fingerprint density at radius 1 is 1.17 bits per heavy atom. The summed E-state index contributed by atoms with van der Waals surface area (Å²) in [5.41, 5.74) is 3.45. The number of hydrogen-bond acceptors (Lipinski definition) is 4. The van der Waals surface area contributed by atoms with Crippen molar-refractivity contribution in [3.8, 4) is 5.75 Å². The topological polar surface area (TPSA) is 45.5 Å². The highest BCUT2D eigenvalue weighted by Crippen LogP contribution is 2.32. The molecule has 158 valence electrons. The smallest absolute Gasteiger partial charge is 0.187 e. The minimum absolute atomic E-state index is 0.127. The fraction of sp³-hybridized carbons (Fsp3) is 0.375. The molecule has 0 amide bonds. The van der Waals surface area contributed by atoms with Gasteiger partial charge in [0.05, 0.1) is 19.5 Å². The van der Waals surface area contributed by atoms with Gasteiger partial charge in [0.15, 0.2) is 5.79 Å². The van der Waals surface area contributed by atoms with E-state index in [2.05, 4.69) is 31.0 Å². The molecule has 0 spiro atoms. The lowest BCUT2D eigenvalue weighted by Crippen LogP contribution is -2.37. The summed E-state index contributed by atoms with van der Waals surface area (Å²) in [5.74, 6) is 0.212. The van der Waals surface area contributed by atoms with Gasteiger partial charge in [-0.05, 0) is 49.1 Å². The number of hydrogen-bond donors (Lipinski definition) is 0. The summed E-state index contributed by atoms with van der Waals surface area (Å²) in [6.45, 7) is 5.66. The van der Waals surface area contributed by atoms with Crippen LogP contribution in [-0.4, -0.2) is 34.7 Å². The Labute approximate surface area is 182 Å². The zero-order chi connectivity index (χ0) is 21.0. The summed E-state index contributed by atoms with van der Waals surface area (Å²) < 4.78 is 20.8. The first-order valence-corrected chi connectivity index (χ1v) is 10.6. The largest absolute Gasteiger partial charge is 0.490 e. The summed E-state index contributed by atoms with van der Waals surface area (Å²) in [7, 11) is 0. The lowest BCUT2D eigenvalue weighted by molar-refractivity contribution is -0.184. The van der Waals surface area contributed by atoms with Crippen molar-refractivity contribution in [2.75, 3.05) is 13.2 Å². The quantitative estimate of drug-likeness (QED) is 0.509. The van der Waals surface area contributed by atoms with E-state index in [9.17, 15) is 0 Å². The molecule has 30 heavy (non-hydrogen) atoms. The van der Waals surface area contributed by atoms with Gasteiger partial charge >= 0.3 is 0 Å². The third-order valence-electron chi connectivity index (χ3n) is 5.43. The number of rotatable bonds is 8. The number of halogens is 1. The highest BCUT2D eigenvalue weighted by atomic mass is 35.5. The van der Waals surface area contributed by atoms with E-state index in [4.69, 9.17) is 25.8 Å². The van der Waals surface area contributed by atoms with Crippen molar-refractivity contribution < 1.29 is 14.2 Å². The SMILES string of the molecule is Cc1cccc(C)c1OCC1COC(CCc2ccc(Cl)cc2)(Cn2ccnc2)O1. The van der Waals surface area contributed by atoms with Crippen LogP contribution in [0.3, 0.4) is 0 Å². The molecule has 2 unspecified atom stereocenters. The molecule has 0 bridgehead atoms. The lowest BCUT2D eigenvalue weighted by Gasteiger charge is -2.29. The molecule has 2 heterocycles. The number of ether oxygens (including phenoxy) is 3. The molecule has 2 aromatic carbocycles. The van der Waals surface area contributed by atoms with E-state index in [-0.39, 0.29) is 6.10 Å². The van der Waals surface area contributed by atoms with Gasteiger partial charge in [-0.2, -0.15) is 0 Å². The van der Waals surface area contributed by atoms with Crippen LogP contribution in [0.2, 0.25) is 5.02 Å². The zero-order valence-corrected chi connectivity index (χ0v) is 18.1. The average molecular weight is 427 g/mol. The van der Waals surface area contributed by atoms with Gasteiger partial charge < -0.3 is 18.8 Å². The molecule has 1 saturated heterocycles. The summed E-state index contributed by atoms with van der Waals surface area (Å²) in [5, 5.41) is 0.740. The van der Waals surface area contributed by atoms with Gasteiger partial charge in [0.1, 0.15) is 18.5 Å². The second kappa shape index (κ2) is 9.21. The third-order valence-corrected chi connectivity index (χ3v) is 5.68. The van der Waals surface area contributed by atoms with Crippen molar-refractivity contribution in [1.82, 2.24) is 9.55 Å². The van der Waals surface area contributed by atoms with Gasteiger partial charge in [0, 0.05) is 23.8 Å². The maximum atomic E-state index is 6.45. The molecule has 5 nitrogen and oxygen atoms in total. The highest BCUT2D eigenvalue weighted by molar-refractivity contribution is 6.30. The number of aryl methyl sites for hydroxylation is 3. The van der Waals surface area contributed by atoms with Crippen molar-refractivity contribution in [3.05, 3.63) is 82.9 Å². The maximum absolute atomic E-state index is 6.45. The molecule has 1 fully saturated rings. The van der Waals surface area contributed by atoms with Crippen molar-refractivity contribution in [1.29, 1.82) is 0 Å². The van der Waals surface area contributed by atoms with Crippen LogP contribution >= 0.6 is 11.6 Å². The summed E-state index contributed by atoms with van der Waals surface area (Å²) >= 11 is 6.01. The molecule has 0 N–H and O–H groups in total. The maximum Gasteiger partial charge on any atom is 0.187 e. The molecule has 1 aromatic heterocycles. The number of aromatic nitrogens is 2. The molecule has 0 aliphatic carbocycles. The normalized spacial score (nSPS) is 21.1. The van der Waals surface area contributed by atoms with Crippen LogP contribution in [0.15, 0.2) is 61.2 Å². The van der Waals surface area contributed by atoms with Crippen molar-refractivity contribution in [2.45, 2.75) is 45.1 Å². The highest BCUT2D eigenvalue weighted by Gasteiger charge is 2.42. The number of benzene rings is 2. The van der Waals surface area contributed by atoms with E-state index < -0.39 is 5.79 Å². The minimum Gasteiger partial charge on any atom is -0.490 e. The number of imidazole rings is 1. The lowest BCUT2D eigenvalue weighted by atomic mass is 10.0. The monoisotopic (exact) mass is 426 g/mol. The Balaban J connectivity index is 1.43. The molecule has 2 atom stereocenters.